The second kappa shape index (κ2) is 5.67. The molecule has 0 bridgehead atoms. The molecular weight excluding hydrogens is 288 g/mol. The Bertz CT molecular complexity index is 765. The van der Waals surface area contributed by atoms with Crippen LogP contribution in [0.3, 0.4) is 0 Å². The molecule has 2 aromatic heterocycles. The average molecular weight is 303 g/mol. The zero-order valence-electron chi connectivity index (χ0n) is 11.5. The van der Waals surface area contributed by atoms with Crippen LogP contribution in [0.2, 0.25) is 5.02 Å². The molecule has 0 aliphatic heterocycles. The molecule has 0 saturated carbocycles. The predicted octanol–water partition coefficient (Wildman–Crippen LogP) is 2.33. The SMILES string of the molecule is Cc1cc(Nc2ccc(Cl)cc2)n2nc(CCN)nc2n1. The first-order valence-corrected chi connectivity index (χ1v) is 6.99. The highest BCUT2D eigenvalue weighted by atomic mass is 35.5. The van der Waals surface area contributed by atoms with Gasteiger partial charge in [-0.05, 0) is 37.7 Å². The molecule has 108 valence electrons. The highest BCUT2D eigenvalue weighted by Crippen LogP contribution is 2.20. The van der Waals surface area contributed by atoms with E-state index in [4.69, 9.17) is 17.3 Å². The van der Waals surface area contributed by atoms with E-state index in [1.54, 1.807) is 4.52 Å². The summed E-state index contributed by atoms with van der Waals surface area (Å²) in [4.78, 5) is 8.76. The Kier molecular flexibility index (Phi) is 3.72. The molecule has 0 saturated heterocycles. The van der Waals surface area contributed by atoms with Crippen LogP contribution in [0.15, 0.2) is 30.3 Å². The Morgan fingerprint density at radius 1 is 1.24 bits per heavy atom. The van der Waals surface area contributed by atoms with Crippen molar-refractivity contribution in [2.45, 2.75) is 13.3 Å². The van der Waals surface area contributed by atoms with Gasteiger partial charge in [0.15, 0.2) is 5.82 Å². The number of hydrogen-bond donors (Lipinski definition) is 2. The molecule has 2 heterocycles. The lowest BCUT2D eigenvalue weighted by Gasteiger charge is -2.08. The molecule has 0 radical (unpaired) electrons. The molecule has 0 aliphatic rings. The van der Waals surface area contributed by atoms with Crippen molar-refractivity contribution < 1.29 is 0 Å². The molecule has 21 heavy (non-hydrogen) atoms. The standard InChI is InChI=1S/C14H15ClN6/c1-9-8-13(18-11-4-2-10(15)3-5-11)21-14(17-9)19-12(20-21)6-7-16/h2-5,8,18H,6-7,16H2,1H3. The van der Waals surface area contributed by atoms with Gasteiger partial charge in [0.2, 0.25) is 0 Å². The summed E-state index contributed by atoms with van der Waals surface area (Å²) in [6, 6.07) is 9.39. The van der Waals surface area contributed by atoms with E-state index in [1.807, 2.05) is 37.3 Å². The number of halogens is 1. The van der Waals surface area contributed by atoms with Crippen molar-refractivity contribution in [1.29, 1.82) is 0 Å². The number of nitrogens with one attached hydrogen (secondary N) is 1. The van der Waals surface area contributed by atoms with E-state index in [0.717, 1.165) is 17.2 Å². The molecule has 0 spiro atoms. The average Bonchev–Trinajstić information content (AvgIpc) is 2.84. The van der Waals surface area contributed by atoms with E-state index in [2.05, 4.69) is 20.4 Å². The number of hydrogen-bond acceptors (Lipinski definition) is 5. The third-order valence-corrected chi connectivity index (χ3v) is 3.22. The van der Waals surface area contributed by atoms with Gasteiger partial charge in [0.25, 0.3) is 5.78 Å². The van der Waals surface area contributed by atoms with Crippen molar-refractivity contribution in [3.05, 3.63) is 46.9 Å². The van der Waals surface area contributed by atoms with Crippen molar-refractivity contribution in [3.63, 3.8) is 0 Å². The Labute approximate surface area is 127 Å². The second-order valence-corrected chi connectivity index (χ2v) is 5.13. The third kappa shape index (κ3) is 2.96. The van der Waals surface area contributed by atoms with Crippen molar-refractivity contribution in [2.75, 3.05) is 11.9 Å². The highest BCUT2D eigenvalue weighted by Gasteiger charge is 2.09. The number of anilines is 2. The fraction of sp³-hybridized carbons (Fsp3) is 0.214. The summed E-state index contributed by atoms with van der Waals surface area (Å²) in [5.74, 6) is 2.06. The quantitative estimate of drug-likeness (QED) is 0.773. The Morgan fingerprint density at radius 2 is 2.00 bits per heavy atom. The van der Waals surface area contributed by atoms with E-state index in [-0.39, 0.29) is 0 Å². The highest BCUT2D eigenvalue weighted by molar-refractivity contribution is 6.30. The molecule has 3 rings (SSSR count). The molecular formula is C14H15ClN6. The van der Waals surface area contributed by atoms with E-state index in [9.17, 15) is 0 Å². The summed E-state index contributed by atoms with van der Waals surface area (Å²) in [6.45, 7) is 2.43. The molecule has 1 aromatic carbocycles. The minimum absolute atomic E-state index is 0.510. The third-order valence-electron chi connectivity index (χ3n) is 2.97. The van der Waals surface area contributed by atoms with Gasteiger partial charge in [0, 0.05) is 28.9 Å². The van der Waals surface area contributed by atoms with Gasteiger partial charge in [-0.25, -0.2) is 4.98 Å². The van der Waals surface area contributed by atoms with Crippen LogP contribution < -0.4 is 11.1 Å². The number of aromatic nitrogens is 4. The summed E-state index contributed by atoms with van der Waals surface area (Å²) < 4.78 is 1.69. The summed E-state index contributed by atoms with van der Waals surface area (Å²) in [5, 5.41) is 8.43. The number of rotatable bonds is 4. The molecule has 3 aromatic rings. The monoisotopic (exact) mass is 302 g/mol. The van der Waals surface area contributed by atoms with Gasteiger partial charge in [-0.15, -0.1) is 5.10 Å². The minimum atomic E-state index is 0.510. The van der Waals surface area contributed by atoms with Crippen LogP contribution in [0.1, 0.15) is 11.5 Å². The molecule has 0 amide bonds. The Hall–Kier alpha value is -2.18. The molecule has 0 atom stereocenters. The van der Waals surface area contributed by atoms with Crippen LogP contribution in [0.4, 0.5) is 11.5 Å². The first-order chi connectivity index (χ1) is 10.2. The van der Waals surface area contributed by atoms with Gasteiger partial charge in [-0.1, -0.05) is 11.6 Å². The number of fused-ring (bicyclic) bond motifs is 1. The molecule has 6 nitrogen and oxygen atoms in total. The van der Waals surface area contributed by atoms with E-state index >= 15 is 0 Å². The van der Waals surface area contributed by atoms with Crippen LogP contribution >= 0.6 is 11.6 Å². The smallest absolute Gasteiger partial charge is 0.254 e. The Morgan fingerprint density at radius 3 is 2.71 bits per heavy atom. The van der Waals surface area contributed by atoms with Crippen molar-refractivity contribution in [1.82, 2.24) is 19.6 Å². The van der Waals surface area contributed by atoms with Gasteiger partial charge in [-0.2, -0.15) is 9.50 Å². The van der Waals surface area contributed by atoms with Gasteiger partial charge in [-0.3, -0.25) is 0 Å². The van der Waals surface area contributed by atoms with Crippen molar-refractivity contribution in [3.8, 4) is 0 Å². The fourth-order valence-corrected chi connectivity index (χ4v) is 2.16. The zero-order valence-corrected chi connectivity index (χ0v) is 12.3. The van der Waals surface area contributed by atoms with Crippen LogP contribution in [-0.4, -0.2) is 26.1 Å². The molecule has 0 fully saturated rings. The summed E-state index contributed by atoms with van der Waals surface area (Å²) >= 11 is 5.90. The van der Waals surface area contributed by atoms with E-state index < -0.39 is 0 Å². The van der Waals surface area contributed by atoms with Crippen molar-refractivity contribution in [2.24, 2.45) is 5.73 Å². The summed E-state index contributed by atoms with van der Waals surface area (Å²) in [7, 11) is 0. The Balaban J connectivity index is 2.01. The van der Waals surface area contributed by atoms with Crippen LogP contribution in [-0.2, 0) is 6.42 Å². The topological polar surface area (TPSA) is 81.1 Å². The maximum absolute atomic E-state index is 5.90. The van der Waals surface area contributed by atoms with Gasteiger partial charge < -0.3 is 11.1 Å². The maximum Gasteiger partial charge on any atom is 0.254 e. The van der Waals surface area contributed by atoms with Crippen LogP contribution in [0, 0.1) is 6.92 Å². The summed E-state index contributed by atoms with van der Waals surface area (Å²) in [5.41, 5.74) is 7.34. The first kappa shape index (κ1) is 13.8. The van der Waals surface area contributed by atoms with Gasteiger partial charge >= 0.3 is 0 Å². The predicted molar refractivity (Wildman–Crippen MR) is 83.0 cm³/mol. The fourth-order valence-electron chi connectivity index (χ4n) is 2.03. The number of nitrogens with zero attached hydrogens (tertiary/aromatic N) is 4. The number of benzene rings is 1. The molecule has 0 unspecified atom stereocenters. The lowest BCUT2D eigenvalue weighted by Crippen LogP contribution is -2.05. The van der Waals surface area contributed by atoms with Crippen molar-refractivity contribution >= 4 is 28.9 Å². The maximum atomic E-state index is 5.90. The lowest BCUT2D eigenvalue weighted by molar-refractivity contribution is 0.844. The lowest BCUT2D eigenvalue weighted by atomic mass is 10.3. The normalized spacial score (nSPS) is 11.0. The number of nitrogens with two attached hydrogens (primary N) is 1. The first-order valence-electron chi connectivity index (χ1n) is 6.61. The molecule has 7 heteroatoms. The van der Waals surface area contributed by atoms with E-state index in [1.165, 1.54) is 0 Å². The van der Waals surface area contributed by atoms with Gasteiger partial charge in [0.1, 0.15) is 5.82 Å². The van der Waals surface area contributed by atoms with Crippen LogP contribution in [0.5, 0.6) is 0 Å². The largest absolute Gasteiger partial charge is 0.340 e. The summed E-state index contributed by atoms with van der Waals surface area (Å²) in [6.07, 6.45) is 0.628. The zero-order chi connectivity index (χ0) is 14.8. The van der Waals surface area contributed by atoms with E-state index in [0.29, 0.717) is 29.6 Å². The minimum Gasteiger partial charge on any atom is -0.340 e. The molecule has 3 N–H and O–H groups in total. The van der Waals surface area contributed by atoms with Crippen LogP contribution in [0.25, 0.3) is 5.78 Å². The van der Waals surface area contributed by atoms with Gasteiger partial charge in [0.05, 0.1) is 0 Å². The number of aryl methyl sites for hydroxylation is 1. The second-order valence-electron chi connectivity index (χ2n) is 4.69. The molecule has 0 aliphatic carbocycles.